The van der Waals surface area contributed by atoms with Gasteiger partial charge in [-0.25, -0.2) is 17.8 Å². The molecular weight excluding hydrogens is 256 g/mol. The van der Waals surface area contributed by atoms with Gasteiger partial charge in [-0.15, -0.1) is 0 Å². The van der Waals surface area contributed by atoms with Gasteiger partial charge in [0.2, 0.25) is 10.0 Å². The molecule has 0 saturated carbocycles. The predicted octanol–water partition coefficient (Wildman–Crippen LogP) is 0.753. The van der Waals surface area contributed by atoms with Crippen LogP contribution in [-0.4, -0.2) is 28.1 Å². The SMILES string of the molecule is CCCS(=O)(=O)n1c(C)cn(C(=O)Cl)c1=O. The van der Waals surface area contributed by atoms with Gasteiger partial charge in [0.15, 0.2) is 0 Å². The number of hydrogen-bond donors (Lipinski definition) is 0. The molecule has 6 nitrogen and oxygen atoms in total. The number of aromatic nitrogens is 2. The second-order valence-electron chi connectivity index (χ2n) is 3.26. The van der Waals surface area contributed by atoms with Gasteiger partial charge in [0.05, 0.1) is 11.4 Å². The van der Waals surface area contributed by atoms with E-state index in [1.165, 1.54) is 6.92 Å². The fourth-order valence-electron chi connectivity index (χ4n) is 1.36. The Morgan fingerprint density at radius 1 is 1.50 bits per heavy atom. The van der Waals surface area contributed by atoms with Crippen LogP contribution in [0.4, 0.5) is 4.79 Å². The molecule has 0 radical (unpaired) electrons. The minimum atomic E-state index is -3.71. The minimum Gasteiger partial charge on any atom is -0.254 e. The van der Waals surface area contributed by atoms with Crippen LogP contribution < -0.4 is 5.69 Å². The van der Waals surface area contributed by atoms with Crippen LogP contribution in [0.1, 0.15) is 19.0 Å². The average molecular weight is 267 g/mol. The molecule has 0 unspecified atom stereocenters. The number of hydrogen-bond acceptors (Lipinski definition) is 4. The number of rotatable bonds is 3. The van der Waals surface area contributed by atoms with Crippen molar-refractivity contribution in [3.8, 4) is 0 Å². The fourth-order valence-corrected chi connectivity index (χ4v) is 2.99. The Balaban J connectivity index is 3.48. The third-order valence-corrected chi connectivity index (χ3v) is 4.05. The Morgan fingerprint density at radius 2 is 2.06 bits per heavy atom. The number of halogens is 1. The van der Waals surface area contributed by atoms with E-state index >= 15 is 0 Å². The van der Waals surface area contributed by atoms with Crippen molar-refractivity contribution < 1.29 is 13.2 Å². The molecule has 0 fully saturated rings. The Hall–Kier alpha value is -1.08. The lowest BCUT2D eigenvalue weighted by Crippen LogP contribution is -2.32. The molecular formula is C8H11ClN2O4S. The standard InChI is InChI=1S/C8H11ClN2O4S/c1-3-4-16(14,15)11-6(2)5-10(7(9)12)8(11)13/h5H,3-4H2,1-2H3. The van der Waals surface area contributed by atoms with E-state index in [-0.39, 0.29) is 11.4 Å². The summed E-state index contributed by atoms with van der Waals surface area (Å²) in [6, 6.07) is 0. The molecule has 0 saturated heterocycles. The maximum absolute atomic E-state index is 11.7. The number of carbonyl (C=O) groups is 1. The highest BCUT2D eigenvalue weighted by atomic mass is 35.5. The average Bonchev–Trinajstić information content (AvgIpc) is 2.41. The van der Waals surface area contributed by atoms with Gasteiger partial charge in [-0.05, 0) is 24.9 Å². The molecule has 0 N–H and O–H groups in total. The van der Waals surface area contributed by atoms with E-state index in [4.69, 9.17) is 11.6 Å². The molecule has 0 aliphatic rings. The second kappa shape index (κ2) is 4.42. The predicted molar refractivity (Wildman–Crippen MR) is 59.6 cm³/mol. The largest absolute Gasteiger partial charge is 0.350 e. The molecule has 1 aromatic heterocycles. The summed E-state index contributed by atoms with van der Waals surface area (Å²) in [5, 5.41) is -1.03. The molecule has 0 amide bonds. The highest BCUT2D eigenvalue weighted by Gasteiger charge is 2.21. The Labute approximate surface area is 97.5 Å². The van der Waals surface area contributed by atoms with E-state index < -0.39 is 21.1 Å². The highest BCUT2D eigenvalue weighted by Crippen LogP contribution is 2.04. The highest BCUT2D eigenvalue weighted by molar-refractivity contribution is 7.89. The van der Waals surface area contributed by atoms with Gasteiger partial charge in [-0.3, -0.25) is 4.79 Å². The van der Waals surface area contributed by atoms with Crippen LogP contribution in [0.5, 0.6) is 0 Å². The minimum absolute atomic E-state index is 0.158. The van der Waals surface area contributed by atoms with Crippen molar-refractivity contribution in [2.24, 2.45) is 0 Å². The molecule has 0 aromatic carbocycles. The zero-order valence-electron chi connectivity index (χ0n) is 8.81. The zero-order valence-corrected chi connectivity index (χ0v) is 10.4. The third-order valence-electron chi connectivity index (χ3n) is 1.95. The molecule has 0 aliphatic heterocycles. The molecule has 90 valence electrons. The molecule has 1 aromatic rings. The monoisotopic (exact) mass is 266 g/mol. The molecule has 0 aliphatic carbocycles. The number of carbonyl (C=O) groups excluding carboxylic acids is 1. The van der Waals surface area contributed by atoms with Gasteiger partial charge in [0.1, 0.15) is 0 Å². The molecule has 0 bridgehead atoms. The van der Waals surface area contributed by atoms with Crippen molar-refractivity contribution in [1.29, 1.82) is 0 Å². The van der Waals surface area contributed by atoms with Gasteiger partial charge in [0.25, 0.3) is 0 Å². The molecule has 0 spiro atoms. The first-order chi connectivity index (χ1) is 7.31. The first-order valence-corrected chi connectivity index (χ1v) is 6.54. The van der Waals surface area contributed by atoms with Crippen LogP contribution in [0.3, 0.4) is 0 Å². The van der Waals surface area contributed by atoms with E-state index in [0.717, 1.165) is 6.20 Å². The van der Waals surface area contributed by atoms with Crippen LogP contribution in [0.25, 0.3) is 0 Å². The first-order valence-electron chi connectivity index (χ1n) is 4.55. The van der Waals surface area contributed by atoms with E-state index in [1.54, 1.807) is 6.92 Å². The van der Waals surface area contributed by atoms with Crippen molar-refractivity contribution in [3.05, 3.63) is 22.4 Å². The van der Waals surface area contributed by atoms with Crippen molar-refractivity contribution in [1.82, 2.24) is 8.54 Å². The lowest BCUT2D eigenvalue weighted by molar-refractivity contribution is 0.260. The zero-order chi connectivity index (χ0) is 12.5. The summed E-state index contributed by atoms with van der Waals surface area (Å²) in [7, 11) is -3.71. The van der Waals surface area contributed by atoms with E-state index in [0.29, 0.717) is 15.0 Å². The summed E-state index contributed by atoms with van der Waals surface area (Å²) in [5.74, 6) is -0.158. The topological polar surface area (TPSA) is 78.1 Å². The molecule has 16 heavy (non-hydrogen) atoms. The second-order valence-corrected chi connectivity index (χ2v) is 5.52. The van der Waals surface area contributed by atoms with Gasteiger partial charge in [0, 0.05) is 6.20 Å². The van der Waals surface area contributed by atoms with Crippen LogP contribution >= 0.6 is 11.6 Å². The van der Waals surface area contributed by atoms with Gasteiger partial charge < -0.3 is 0 Å². The lowest BCUT2D eigenvalue weighted by Gasteiger charge is -2.03. The summed E-state index contributed by atoms with van der Waals surface area (Å²) >= 11 is 5.14. The van der Waals surface area contributed by atoms with Crippen LogP contribution in [0.15, 0.2) is 11.0 Å². The van der Waals surface area contributed by atoms with Gasteiger partial charge in [-0.1, -0.05) is 6.92 Å². The molecule has 0 atom stereocenters. The number of imidazole rings is 1. The van der Waals surface area contributed by atoms with E-state index in [9.17, 15) is 18.0 Å². The van der Waals surface area contributed by atoms with E-state index in [2.05, 4.69) is 0 Å². The van der Waals surface area contributed by atoms with Crippen molar-refractivity contribution in [2.75, 3.05) is 5.75 Å². The van der Waals surface area contributed by atoms with Crippen molar-refractivity contribution in [2.45, 2.75) is 20.3 Å². The Kier molecular flexibility index (Phi) is 3.59. The third kappa shape index (κ3) is 2.19. The Morgan fingerprint density at radius 3 is 2.44 bits per heavy atom. The summed E-state index contributed by atoms with van der Waals surface area (Å²) in [5.41, 5.74) is -0.793. The first kappa shape index (κ1) is 13.0. The van der Waals surface area contributed by atoms with Crippen molar-refractivity contribution in [3.63, 3.8) is 0 Å². The summed E-state index contributed by atoms with van der Waals surface area (Å²) in [6.07, 6.45) is 1.49. The maximum atomic E-state index is 11.7. The molecule has 1 rings (SSSR count). The lowest BCUT2D eigenvalue weighted by atomic mass is 10.6. The smallest absolute Gasteiger partial charge is 0.254 e. The number of aryl methyl sites for hydroxylation is 1. The summed E-state index contributed by atoms with van der Waals surface area (Å²) < 4.78 is 24.6. The maximum Gasteiger partial charge on any atom is 0.350 e. The van der Waals surface area contributed by atoms with E-state index in [1.807, 2.05) is 0 Å². The van der Waals surface area contributed by atoms with Gasteiger partial charge >= 0.3 is 11.1 Å². The fraction of sp³-hybridized carbons (Fsp3) is 0.500. The summed E-state index contributed by atoms with van der Waals surface area (Å²) in [6.45, 7) is 3.10. The van der Waals surface area contributed by atoms with Crippen molar-refractivity contribution >= 4 is 27.0 Å². The molecule has 8 heteroatoms. The van der Waals surface area contributed by atoms with Crippen LogP contribution in [0.2, 0.25) is 0 Å². The summed E-state index contributed by atoms with van der Waals surface area (Å²) in [4.78, 5) is 22.4. The number of nitrogens with zero attached hydrogens (tertiary/aromatic N) is 2. The normalized spacial score (nSPS) is 11.7. The van der Waals surface area contributed by atoms with Crippen LogP contribution in [-0.2, 0) is 10.0 Å². The Bertz CT molecular complexity index is 569. The molecule has 1 heterocycles. The quantitative estimate of drug-likeness (QED) is 0.757. The van der Waals surface area contributed by atoms with Gasteiger partial charge in [-0.2, -0.15) is 3.97 Å². The van der Waals surface area contributed by atoms with Crippen LogP contribution in [0, 0.1) is 6.92 Å².